The number of aliphatic hydroxyl groups excluding tert-OH is 1. The van der Waals surface area contributed by atoms with E-state index in [0.29, 0.717) is 26.3 Å². The number of nitrogens with zero attached hydrogens (tertiary/aromatic N) is 3. The fourth-order valence-corrected chi connectivity index (χ4v) is 13.7. The van der Waals surface area contributed by atoms with E-state index in [2.05, 4.69) is 142 Å². The second kappa shape index (κ2) is 49.9. The molecule has 6 aromatic rings. The lowest BCUT2D eigenvalue weighted by atomic mass is 9.96. The predicted octanol–water partition coefficient (Wildman–Crippen LogP) is 12.6. The molecule has 578 valence electrons. The van der Waals surface area contributed by atoms with Gasteiger partial charge < -0.3 is 75.5 Å². The summed E-state index contributed by atoms with van der Waals surface area (Å²) >= 11 is 13.7. The Morgan fingerprint density at radius 3 is 1.16 bits per heavy atom. The number of rotatable bonds is 10. The molecule has 14 rings (SSSR count). The van der Waals surface area contributed by atoms with E-state index in [-0.39, 0.29) is 83.9 Å². The Labute approximate surface area is 673 Å². The molecule has 0 saturated carbocycles. The molecule has 11 N–H and O–H groups in total. The molecule has 0 fully saturated rings. The number of nitrogens with two attached hydrogens (primary N) is 2. The van der Waals surface area contributed by atoms with Crippen molar-refractivity contribution < 1.29 is 75.2 Å². The number of aliphatic imine (C=N–C) groups is 3. The molecule has 0 amide bonds. The number of amidine groups is 3. The Balaban J connectivity index is 0.000000316. The number of carbonyl (C=O) groups excluding carboxylic acids is 1. The number of hydrogen-bond acceptors (Lipinski definition) is 21. The van der Waals surface area contributed by atoms with E-state index in [1.807, 2.05) is 78.9 Å². The Bertz CT molecular complexity index is 3790. The van der Waals surface area contributed by atoms with Crippen molar-refractivity contribution in [1.29, 1.82) is 0 Å². The van der Waals surface area contributed by atoms with Crippen molar-refractivity contribution in [3.63, 3.8) is 0 Å². The zero-order valence-corrected chi connectivity index (χ0v) is 69.2. The molecule has 6 aromatic carbocycles. The number of fused-ring (bicyclic) bond motifs is 5. The Morgan fingerprint density at radius 2 is 0.829 bits per heavy atom. The molecule has 105 heavy (non-hydrogen) atoms. The molecular weight excluding hydrogens is 1760 g/mol. The number of halogens is 5. The number of methoxy groups -OCH3 is 3. The summed E-state index contributed by atoms with van der Waals surface area (Å²) in [6, 6.07) is 37.7. The summed E-state index contributed by atoms with van der Waals surface area (Å²) in [5, 5.41) is 27.4. The maximum absolute atomic E-state index is 11.5. The summed E-state index contributed by atoms with van der Waals surface area (Å²) < 4.78 is 79.5. The Morgan fingerprint density at radius 1 is 0.514 bits per heavy atom. The van der Waals surface area contributed by atoms with Crippen molar-refractivity contribution in [3.05, 3.63) is 194 Å². The first-order chi connectivity index (χ1) is 49.1. The van der Waals surface area contributed by atoms with Gasteiger partial charge >= 0.3 is 22.3 Å². The van der Waals surface area contributed by atoms with Gasteiger partial charge in [0.1, 0.15) is 47.3 Å². The van der Waals surface area contributed by atoms with Gasteiger partial charge in [0.25, 0.3) is 14.1 Å². The third-order valence-electron chi connectivity index (χ3n) is 15.8. The van der Waals surface area contributed by atoms with Gasteiger partial charge in [0, 0.05) is 68.3 Å². The molecule has 8 heterocycles. The van der Waals surface area contributed by atoms with Crippen LogP contribution in [-0.4, -0.2) is 185 Å². The summed E-state index contributed by atoms with van der Waals surface area (Å²) in [4.78, 5) is 35.7. The van der Waals surface area contributed by atoms with E-state index >= 15 is 0 Å². The van der Waals surface area contributed by atoms with Crippen molar-refractivity contribution in [2.24, 2.45) is 26.4 Å². The monoisotopic (exact) mass is 1860 g/mol. The number of esters is 1. The van der Waals surface area contributed by atoms with Crippen LogP contribution in [0.2, 0.25) is 17.4 Å². The van der Waals surface area contributed by atoms with Crippen molar-refractivity contribution >= 4 is 142 Å². The molecule has 24 nitrogen and oxygen atoms in total. The van der Waals surface area contributed by atoms with Crippen LogP contribution >= 0.6 is 87.7 Å². The van der Waals surface area contributed by atoms with Gasteiger partial charge in [0.15, 0.2) is 12.2 Å². The first-order valence-electron chi connectivity index (χ1n) is 33.4. The second-order valence-corrected chi connectivity index (χ2v) is 31.5. The summed E-state index contributed by atoms with van der Waals surface area (Å²) in [6.45, 7) is 9.92. The van der Waals surface area contributed by atoms with E-state index in [1.165, 1.54) is 45.0 Å². The van der Waals surface area contributed by atoms with Crippen LogP contribution in [-0.2, 0) is 86.9 Å². The minimum absolute atomic E-state index is 0. The third kappa shape index (κ3) is 29.7. The van der Waals surface area contributed by atoms with Gasteiger partial charge in [0.05, 0.1) is 74.0 Å². The summed E-state index contributed by atoms with van der Waals surface area (Å²) in [5.41, 5.74) is 22.3. The minimum atomic E-state index is -4.67. The molecule has 8 aliphatic heterocycles. The van der Waals surface area contributed by atoms with E-state index in [9.17, 15) is 9.59 Å². The minimum Gasteiger partial charge on any atom is -0.496 e. The normalized spacial score (nSPS) is 18.4. The number of hydrogen-bond donors (Lipinski definition) is 9. The lowest BCUT2D eigenvalue weighted by Crippen LogP contribution is -2.31. The van der Waals surface area contributed by atoms with Gasteiger partial charge in [-0.3, -0.25) is 24.1 Å². The Kier molecular flexibility index (Phi) is 44.8. The third-order valence-corrected chi connectivity index (χ3v) is 18.8. The van der Waals surface area contributed by atoms with Crippen LogP contribution in [0.3, 0.4) is 0 Å². The molecule has 0 aromatic heterocycles. The van der Waals surface area contributed by atoms with Crippen LogP contribution < -0.4 is 36.9 Å². The van der Waals surface area contributed by atoms with Crippen LogP contribution in [0.25, 0.3) is 0 Å². The highest BCUT2D eigenvalue weighted by molar-refractivity contribution is 14.0. The first kappa shape index (κ1) is 94.2. The van der Waals surface area contributed by atoms with Gasteiger partial charge in [-0.1, -0.05) is 157 Å². The number of carbonyl (C=O) groups is 2. The fraction of sp³-hybridized carbons (Fsp3) is 0.446. The van der Waals surface area contributed by atoms with Gasteiger partial charge in [-0.25, -0.2) is 9.59 Å². The molecule has 31 heteroatoms. The van der Waals surface area contributed by atoms with Crippen LogP contribution in [0.1, 0.15) is 107 Å². The lowest BCUT2D eigenvalue weighted by Gasteiger charge is -2.27. The summed E-state index contributed by atoms with van der Waals surface area (Å²) in [7, 11) is 0.134. The molecule has 8 aliphatic rings. The number of ether oxygens (including phenoxy) is 8. The average Bonchev–Trinajstić information content (AvgIpc) is 1.81. The van der Waals surface area contributed by atoms with Crippen molar-refractivity contribution in [1.82, 2.24) is 16.0 Å². The summed E-state index contributed by atoms with van der Waals surface area (Å²) in [5.74, 6) is 10.5. The number of aliphatic carboxylic acids is 1. The highest BCUT2D eigenvalue weighted by Gasteiger charge is 2.33. The maximum Gasteiger partial charge on any atom is 0.394 e. The largest absolute Gasteiger partial charge is 0.496 e. The first-order valence-corrected chi connectivity index (χ1v) is 41.4. The SMILES string of the molecule is Brc1cccc2c1CCOC2C1=NCCN1.C.C.COC(=O)C1OCCc2c(Br)cccc21.COc1cccc2c1CCOC2C1=NCCN1.COc1cccc2c1CCOC2C1=NCCN1.I.NCCN.O=C(O)C1OCCc2c(Br)cccc21.O=S(=O)(O)O.OCCc1ccccc1Br.[CH3][Al]([CH3])[CH3]. The molecule has 5 unspecified atom stereocenters. The van der Waals surface area contributed by atoms with E-state index in [4.69, 9.17) is 77.1 Å². The number of carboxylic acid groups (broad SMARTS) is 1. The molecular formula is C74H102AlBr4IN8O16S. The van der Waals surface area contributed by atoms with Crippen molar-refractivity contribution in [2.75, 3.05) is 113 Å². The standard InChI is InChI=1S/2C13H16N2O2.C12H13BrN2O.C11H11BrO3.C10H9BrO3.C8H9BrO.C2H8N2.2CH4.3CH3.Al.HI.H2O4S/c2*1-16-11-4-2-3-10-9(11)5-8-17-12(10)13-14-6-7-15-13;13-10-3-1-2-9-8(10)4-7-16-11(9)12-14-5-6-15-12;1-14-11(13)10-8-3-2-4-9(12)7(8)5-6-15-10;11-8-3-1-2-7-6(8)4-5-14-9(7)10(12)13;9-8-4-2-1-3-7(8)5-6-10;3-1-2-4;;;;;;;;1-5(2,3)4/h2*2-4,12H,5-8H2,1H3,(H,14,15);1-3,11H,4-7H2,(H,14,15);2-4,10H,5-6H2,1H3;1-3,9H,4-5H2,(H,12,13);1-4,10H,5-6H2;1-4H2;2*1H4;3*1H3;;1H;(H2,1,2,3,4). The molecule has 0 bridgehead atoms. The zero-order valence-electron chi connectivity index (χ0n) is 58.6. The molecule has 0 aliphatic carbocycles. The highest BCUT2D eigenvalue weighted by Crippen LogP contribution is 2.38. The lowest BCUT2D eigenvalue weighted by molar-refractivity contribution is -0.155. The van der Waals surface area contributed by atoms with E-state index in [1.54, 1.807) is 20.3 Å². The van der Waals surface area contributed by atoms with Gasteiger partial charge in [-0.2, -0.15) is 8.42 Å². The summed E-state index contributed by atoms with van der Waals surface area (Å²) in [6.07, 6.45) is 3.63. The van der Waals surface area contributed by atoms with Crippen molar-refractivity contribution in [2.45, 2.75) is 101 Å². The number of nitrogens with one attached hydrogen (secondary N) is 3. The number of carboxylic acids is 1. The van der Waals surface area contributed by atoms with Crippen LogP contribution in [0.5, 0.6) is 11.5 Å². The highest BCUT2D eigenvalue weighted by atomic mass is 127. The van der Waals surface area contributed by atoms with Crippen LogP contribution in [0.15, 0.2) is 148 Å². The topological polar surface area (TPSA) is 348 Å². The quantitative estimate of drug-likeness (QED) is 0.0266. The number of benzene rings is 6. The van der Waals surface area contributed by atoms with Crippen molar-refractivity contribution in [3.8, 4) is 11.5 Å². The van der Waals surface area contributed by atoms with E-state index < -0.39 is 28.6 Å². The molecule has 0 saturated heterocycles. The average molecular weight is 1870 g/mol. The van der Waals surface area contributed by atoms with Gasteiger partial charge in [-0.15, -0.1) is 41.3 Å². The van der Waals surface area contributed by atoms with Gasteiger partial charge in [-0.05, 0) is 125 Å². The fourth-order valence-electron chi connectivity index (χ4n) is 11.5. The van der Waals surface area contributed by atoms with Crippen LogP contribution in [0.4, 0.5) is 0 Å². The zero-order chi connectivity index (χ0) is 74.1. The predicted molar refractivity (Wildman–Crippen MR) is 440 cm³/mol. The Hall–Kier alpha value is -5.00. The molecule has 0 spiro atoms. The smallest absolute Gasteiger partial charge is 0.394 e. The maximum atomic E-state index is 11.5. The van der Waals surface area contributed by atoms with Crippen LogP contribution in [0, 0.1) is 0 Å². The van der Waals surface area contributed by atoms with Gasteiger partial charge in [0.2, 0.25) is 0 Å². The van der Waals surface area contributed by atoms with E-state index in [0.717, 1.165) is 168 Å². The molecule has 5 atom stereocenters. The molecule has 0 radical (unpaired) electrons. The number of aliphatic hydroxyl groups is 1. The second-order valence-electron chi connectivity index (χ2n) is 23.7.